The van der Waals surface area contributed by atoms with Crippen molar-refractivity contribution in [3.05, 3.63) is 63.2 Å². The smallest absolute Gasteiger partial charge is 0.251 e. The Kier molecular flexibility index (Phi) is 5.26. The summed E-state index contributed by atoms with van der Waals surface area (Å²) in [5.74, 6) is -4.54. The average molecular weight is 349 g/mol. The van der Waals surface area contributed by atoms with Crippen LogP contribution in [-0.2, 0) is 6.42 Å². The number of aromatic nitrogens is 1. The van der Waals surface area contributed by atoms with Crippen LogP contribution in [0.3, 0.4) is 0 Å². The van der Waals surface area contributed by atoms with Crippen LogP contribution >= 0.6 is 23.2 Å². The van der Waals surface area contributed by atoms with Crippen LogP contribution in [-0.4, -0.2) is 17.4 Å². The minimum Gasteiger partial charge on any atom is -0.352 e. The van der Waals surface area contributed by atoms with E-state index in [1.54, 1.807) is 0 Å². The molecule has 0 spiro atoms. The Morgan fingerprint density at radius 3 is 2.36 bits per heavy atom. The Labute approximate surface area is 134 Å². The van der Waals surface area contributed by atoms with Gasteiger partial charge in [-0.3, -0.25) is 4.79 Å². The minimum absolute atomic E-state index is 0.00131. The van der Waals surface area contributed by atoms with Gasteiger partial charge in [0.05, 0.1) is 0 Å². The van der Waals surface area contributed by atoms with E-state index in [2.05, 4.69) is 10.3 Å². The molecule has 116 valence electrons. The maximum atomic E-state index is 13.4. The summed E-state index contributed by atoms with van der Waals surface area (Å²) in [4.78, 5) is 15.6. The predicted molar refractivity (Wildman–Crippen MR) is 76.6 cm³/mol. The van der Waals surface area contributed by atoms with Gasteiger partial charge in [-0.05, 0) is 30.2 Å². The van der Waals surface area contributed by atoms with Gasteiger partial charge in [0.15, 0.2) is 17.5 Å². The molecule has 0 fully saturated rings. The van der Waals surface area contributed by atoms with Gasteiger partial charge in [0.25, 0.3) is 5.91 Å². The lowest BCUT2D eigenvalue weighted by Gasteiger charge is -2.07. The van der Waals surface area contributed by atoms with E-state index in [4.69, 9.17) is 23.2 Å². The summed E-state index contributed by atoms with van der Waals surface area (Å²) in [6.45, 7) is 0.0262. The fraction of sp³-hybridized carbons (Fsp3) is 0.143. The van der Waals surface area contributed by atoms with E-state index >= 15 is 0 Å². The summed E-state index contributed by atoms with van der Waals surface area (Å²) in [6.07, 6.45) is 0.00131. The summed E-state index contributed by atoms with van der Waals surface area (Å²) in [5.41, 5.74) is 0.153. The van der Waals surface area contributed by atoms with Gasteiger partial charge in [0.2, 0.25) is 0 Å². The van der Waals surface area contributed by atoms with Crippen LogP contribution in [0.4, 0.5) is 13.2 Å². The molecule has 0 aliphatic carbocycles. The molecule has 0 aliphatic rings. The first-order valence-corrected chi connectivity index (χ1v) is 6.87. The first kappa shape index (κ1) is 16.6. The predicted octanol–water partition coefficient (Wildman–Crippen LogP) is 3.78. The average Bonchev–Trinajstić information content (AvgIpc) is 2.46. The van der Waals surface area contributed by atoms with E-state index in [0.717, 1.165) is 12.1 Å². The van der Waals surface area contributed by atoms with Crippen LogP contribution in [0.2, 0.25) is 10.3 Å². The molecular weight excluding hydrogens is 340 g/mol. The molecule has 0 saturated heterocycles. The Hall–Kier alpha value is -1.79. The number of rotatable bonds is 4. The fourth-order valence-electron chi connectivity index (χ4n) is 1.77. The minimum atomic E-state index is -1.53. The Morgan fingerprint density at radius 2 is 1.73 bits per heavy atom. The number of carbonyl (C=O) groups excluding carboxylic acids is 1. The van der Waals surface area contributed by atoms with Crippen LogP contribution < -0.4 is 5.32 Å². The third-order valence-electron chi connectivity index (χ3n) is 2.82. The molecule has 8 heteroatoms. The van der Waals surface area contributed by atoms with Crippen molar-refractivity contribution in [2.75, 3.05) is 6.54 Å². The number of pyridine rings is 1. The van der Waals surface area contributed by atoms with E-state index in [0.29, 0.717) is 0 Å². The molecule has 0 unspecified atom stereocenters. The number of hydrogen-bond acceptors (Lipinski definition) is 2. The lowest BCUT2D eigenvalue weighted by molar-refractivity contribution is 0.0954. The topological polar surface area (TPSA) is 42.0 Å². The van der Waals surface area contributed by atoms with E-state index in [1.165, 1.54) is 12.1 Å². The lowest BCUT2D eigenvalue weighted by atomic mass is 10.1. The van der Waals surface area contributed by atoms with Crippen molar-refractivity contribution in [2.45, 2.75) is 6.42 Å². The Balaban J connectivity index is 1.99. The molecule has 0 radical (unpaired) electrons. The first-order chi connectivity index (χ1) is 10.4. The SMILES string of the molecule is O=C(NCCc1ccc(F)c(F)c1F)c1cc(Cl)nc(Cl)c1. The summed E-state index contributed by atoms with van der Waals surface area (Å²) >= 11 is 11.3. The second-order valence-corrected chi connectivity index (χ2v) is 5.12. The molecule has 1 N–H and O–H groups in total. The highest BCUT2D eigenvalue weighted by molar-refractivity contribution is 6.33. The third-order valence-corrected chi connectivity index (χ3v) is 3.21. The first-order valence-electron chi connectivity index (χ1n) is 6.12. The summed E-state index contributed by atoms with van der Waals surface area (Å²) < 4.78 is 39.3. The molecule has 22 heavy (non-hydrogen) atoms. The molecule has 0 atom stereocenters. The van der Waals surface area contributed by atoms with Crippen LogP contribution in [0.1, 0.15) is 15.9 Å². The van der Waals surface area contributed by atoms with Crippen LogP contribution in [0.5, 0.6) is 0 Å². The number of halogens is 5. The number of hydrogen-bond donors (Lipinski definition) is 1. The van der Waals surface area contributed by atoms with Gasteiger partial charge in [-0.2, -0.15) is 0 Å². The van der Waals surface area contributed by atoms with Gasteiger partial charge >= 0.3 is 0 Å². The number of amides is 1. The second kappa shape index (κ2) is 6.98. The Bertz CT molecular complexity index is 705. The van der Waals surface area contributed by atoms with Crippen molar-refractivity contribution in [1.29, 1.82) is 0 Å². The number of carbonyl (C=O) groups is 1. The normalized spacial score (nSPS) is 10.6. The van der Waals surface area contributed by atoms with Crippen molar-refractivity contribution >= 4 is 29.1 Å². The molecule has 1 amide bonds. The second-order valence-electron chi connectivity index (χ2n) is 4.34. The van der Waals surface area contributed by atoms with Crippen LogP contribution in [0.25, 0.3) is 0 Å². The summed E-state index contributed by atoms with van der Waals surface area (Å²) in [7, 11) is 0. The van der Waals surface area contributed by atoms with E-state index in [-0.39, 0.29) is 34.4 Å². The largest absolute Gasteiger partial charge is 0.352 e. The Morgan fingerprint density at radius 1 is 1.09 bits per heavy atom. The standard InChI is InChI=1S/C14H9Cl2F3N2O/c15-10-5-8(6-11(16)21-10)14(22)20-4-3-7-1-2-9(17)13(19)12(7)18/h1-2,5-6H,3-4H2,(H,20,22). The van der Waals surface area contributed by atoms with Crippen molar-refractivity contribution < 1.29 is 18.0 Å². The maximum Gasteiger partial charge on any atom is 0.251 e. The van der Waals surface area contributed by atoms with E-state index in [1.807, 2.05) is 0 Å². The van der Waals surface area contributed by atoms with Crippen molar-refractivity contribution in [2.24, 2.45) is 0 Å². The molecule has 0 bridgehead atoms. The van der Waals surface area contributed by atoms with Crippen LogP contribution in [0.15, 0.2) is 24.3 Å². The quantitative estimate of drug-likeness (QED) is 0.674. The molecule has 3 nitrogen and oxygen atoms in total. The van der Waals surface area contributed by atoms with Gasteiger partial charge < -0.3 is 5.32 Å². The summed E-state index contributed by atoms with van der Waals surface area (Å²) in [5, 5.41) is 2.62. The zero-order valence-corrected chi connectivity index (χ0v) is 12.5. The molecular formula is C14H9Cl2F3N2O. The number of nitrogens with zero attached hydrogens (tertiary/aromatic N) is 1. The highest BCUT2D eigenvalue weighted by Gasteiger charge is 2.14. The molecule has 0 aliphatic heterocycles. The number of nitrogens with one attached hydrogen (secondary N) is 1. The molecule has 1 aromatic carbocycles. The molecule has 0 saturated carbocycles. The van der Waals surface area contributed by atoms with Gasteiger partial charge in [0.1, 0.15) is 10.3 Å². The highest BCUT2D eigenvalue weighted by Crippen LogP contribution is 2.16. The summed E-state index contributed by atoms with van der Waals surface area (Å²) in [6, 6.07) is 4.60. The van der Waals surface area contributed by atoms with E-state index in [9.17, 15) is 18.0 Å². The fourth-order valence-corrected chi connectivity index (χ4v) is 2.23. The molecule has 2 rings (SSSR count). The van der Waals surface area contributed by atoms with Crippen molar-refractivity contribution in [1.82, 2.24) is 10.3 Å². The van der Waals surface area contributed by atoms with Gasteiger partial charge in [0, 0.05) is 12.1 Å². The number of benzene rings is 1. The maximum absolute atomic E-state index is 13.4. The highest BCUT2D eigenvalue weighted by atomic mass is 35.5. The zero-order chi connectivity index (χ0) is 16.3. The van der Waals surface area contributed by atoms with Crippen molar-refractivity contribution in [3.63, 3.8) is 0 Å². The monoisotopic (exact) mass is 348 g/mol. The van der Waals surface area contributed by atoms with Crippen molar-refractivity contribution in [3.8, 4) is 0 Å². The molecule has 1 heterocycles. The molecule has 1 aromatic heterocycles. The zero-order valence-electron chi connectivity index (χ0n) is 11.0. The third kappa shape index (κ3) is 3.90. The van der Waals surface area contributed by atoms with E-state index < -0.39 is 23.4 Å². The van der Waals surface area contributed by atoms with Gasteiger partial charge in [-0.25, -0.2) is 18.2 Å². The van der Waals surface area contributed by atoms with Gasteiger partial charge in [-0.15, -0.1) is 0 Å². The lowest BCUT2D eigenvalue weighted by Crippen LogP contribution is -2.26. The van der Waals surface area contributed by atoms with Crippen LogP contribution in [0, 0.1) is 17.5 Å². The van der Waals surface area contributed by atoms with Gasteiger partial charge in [-0.1, -0.05) is 29.3 Å². The molecule has 2 aromatic rings.